The van der Waals surface area contributed by atoms with Crippen molar-refractivity contribution >= 4 is 22.8 Å². The van der Waals surface area contributed by atoms with Gasteiger partial charge in [-0.3, -0.25) is 9.59 Å². The van der Waals surface area contributed by atoms with E-state index in [1.54, 1.807) is 17.6 Å². The van der Waals surface area contributed by atoms with Crippen LogP contribution in [0, 0.1) is 17.2 Å². The minimum absolute atomic E-state index is 0.0272. The fourth-order valence-corrected chi connectivity index (χ4v) is 6.42. The standard InChI is InChI=1S/C31H34FN3O6/c1-7-31(39)18-10-22-25-16(12-35(22)28(37)17(18)13-41-29(31)38)24-20(34-27(36)14(2)30(3,4)5)9-8-15-23(24)21(33-25)11-19(32)26(15)40-6/h10-11,14,20,39H,7-9,12-13H2,1-6H3,(H,34,36)/t14-,20?,31+/m1/s1. The summed E-state index contributed by atoms with van der Waals surface area (Å²) in [5.74, 6) is -1.55. The Labute approximate surface area is 236 Å². The third-order valence-corrected chi connectivity index (χ3v) is 9.27. The summed E-state index contributed by atoms with van der Waals surface area (Å²) in [6.07, 6.45) is 1.02. The minimum Gasteiger partial charge on any atom is -0.493 e. The maximum absolute atomic E-state index is 15.2. The van der Waals surface area contributed by atoms with Crippen molar-refractivity contribution < 1.29 is 28.6 Å². The summed E-state index contributed by atoms with van der Waals surface area (Å²) in [5, 5.41) is 15.2. The lowest BCUT2D eigenvalue weighted by Crippen LogP contribution is -2.44. The molecule has 2 N–H and O–H groups in total. The number of hydrogen-bond acceptors (Lipinski definition) is 7. The molecular formula is C31H34FN3O6. The second-order valence-electron chi connectivity index (χ2n) is 12.4. The zero-order chi connectivity index (χ0) is 29.6. The summed E-state index contributed by atoms with van der Waals surface area (Å²) in [5.41, 5.74) is 1.34. The molecule has 9 nitrogen and oxygen atoms in total. The molecule has 1 unspecified atom stereocenters. The van der Waals surface area contributed by atoms with Gasteiger partial charge >= 0.3 is 5.97 Å². The van der Waals surface area contributed by atoms with Gasteiger partial charge in [-0.2, -0.15) is 0 Å². The molecule has 10 heteroatoms. The predicted octanol–water partition coefficient (Wildman–Crippen LogP) is 4.01. The molecule has 6 rings (SSSR count). The number of aryl methyl sites for hydroxylation is 1. The highest BCUT2D eigenvalue weighted by atomic mass is 19.1. The predicted molar refractivity (Wildman–Crippen MR) is 149 cm³/mol. The summed E-state index contributed by atoms with van der Waals surface area (Å²) in [7, 11) is 1.43. The number of fused-ring (bicyclic) bond motifs is 5. The molecule has 41 heavy (non-hydrogen) atoms. The van der Waals surface area contributed by atoms with Crippen LogP contribution in [0.1, 0.15) is 81.3 Å². The molecule has 3 aliphatic rings. The summed E-state index contributed by atoms with van der Waals surface area (Å²) in [6, 6.07) is 2.56. The topological polar surface area (TPSA) is 120 Å². The Morgan fingerprint density at radius 1 is 1.29 bits per heavy atom. The molecule has 0 spiro atoms. The van der Waals surface area contributed by atoms with Gasteiger partial charge in [0.25, 0.3) is 5.56 Å². The molecular weight excluding hydrogens is 529 g/mol. The van der Waals surface area contributed by atoms with Crippen molar-refractivity contribution in [3.63, 3.8) is 0 Å². The molecule has 4 heterocycles. The zero-order valence-electron chi connectivity index (χ0n) is 24.1. The highest BCUT2D eigenvalue weighted by molar-refractivity contribution is 5.94. The van der Waals surface area contributed by atoms with Crippen LogP contribution < -0.4 is 15.6 Å². The molecule has 0 saturated heterocycles. The molecule has 2 aromatic heterocycles. The van der Waals surface area contributed by atoms with Crippen molar-refractivity contribution in [3.8, 4) is 17.1 Å². The van der Waals surface area contributed by atoms with E-state index in [2.05, 4.69) is 5.32 Å². The SMILES string of the molecule is CC[C@@]1(O)C(=O)OCc2c1cc1n(c2=O)Cc2c-1nc1cc(F)c(OC)c3c1c2C(NC(=O)[C@@H](C)C(C)(C)C)CC3. The maximum atomic E-state index is 15.2. The number of carbonyl (C=O) groups is 2. The summed E-state index contributed by atoms with van der Waals surface area (Å²) >= 11 is 0. The highest BCUT2D eigenvalue weighted by Crippen LogP contribution is 2.47. The number of hydrogen-bond donors (Lipinski definition) is 2. The van der Waals surface area contributed by atoms with E-state index in [0.717, 1.165) is 16.5 Å². The Hall–Kier alpha value is -3.79. The number of ether oxygens (including phenoxy) is 2. The normalized spacial score (nSPS) is 21.6. The Kier molecular flexibility index (Phi) is 6.08. The molecule has 0 fully saturated rings. The number of carbonyl (C=O) groups excluding carboxylic acids is 2. The molecule has 0 bridgehead atoms. The van der Waals surface area contributed by atoms with Crippen LogP contribution in [-0.4, -0.2) is 33.6 Å². The first-order valence-corrected chi connectivity index (χ1v) is 14.0. The van der Waals surface area contributed by atoms with Crippen LogP contribution in [0.15, 0.2) is 16.9 Å². The van der Waals surface area contributed by atoms with Gasteiger partial charge in [0.15, 0.2) is 17.2 Å². The second kappa shape index (κ2) is 9.11. The van der Waals surface area contributed by atoms with E-state index in [0.29, 0.717) is 35.3 Å². The number of aromatic nitrogens is 2. The lowest BCUT2D eigenvalue weighted by molar-refractivity contribution is -0.172. The van der Waals surface area contributed by atoms with E-state index in [4.69, 9.17) is 14.5 Å². The van der Waals surface area contributed by atoms with E-state index >= 15 is 4.39 Å². The Morgan fingerprint density at radius 3 is 2.68 bits per heavy atom. The number of pyridine rings is 2. The molecule has 3 atom stereocenters. The zero-order valence-corrected chi connectivity index (χ0v) is 24.1. The van der Waals surface area contributed by atoms with Gasteiger partial charge in [0, 0.05) is 34.1 Å². The van der Waals surface area contributed by atoms with Crippen LogP contribution >= 0.6 is 0 Å². The van der Waals surface area contributed by atoms with Crippen LogP contribution in [0.2, 0.25) is 0 Å². The van der Waals surface area contributed by atoms with Gasteiger partial charge in [0.05, 0.1) is 42.2 Å². The first-order chi connectivity index (χ1) is 19.3. The average Bonchev–Trinajstić information content (AvgIpc) is 3.29. The largest absolute Gasteiger partial charge is 0.493 e. The van der Waals surface area contributed by atoms with Gasteiger partial charge in [-0.15, -0.1) is 0 Å². The van der Waals surface area contributed by atoms with Crippen LogP contribution in [0.4, 0.5) is 4.39 Å². The van der Waals surface area contributed by atoms with Crippen molar-refractivity contribution in [2.24, 2.45) is 11.3 Å². The number of nitrogens with one attached hydrogen (secondary N) is 1. The monoisotopic (exact) mass is 563 g/mol. The molecule has 0 saturated carbocycles. The molecule has 2 aliphatic heterocycles. The van der Waals surface area contributed by atoms with E-state index in [1.807, 2.05) is 27.7 Å². The fraction of sp³-hybridized carbons (Fsp3) is 0.484. The van der Waals surface area contributed by atoms with Crippen LogP contribution in [0.25, 0.3) is 22.3 Å². The van der Waals surface area contributed by atoms with Gasteiger partial charge in [-0.05, 0) is 36.3 Å². The quantitative estimate of drug-likeness (QED) is 0.360. The number of cyclic esters (lactones) is 1. The number of benzene rings is 1. The highest BCUT2D eigenvalue weighted by Gasteiger charge is 2.46. The van der Waals surface area contributed by atoms with Crippen molar-refractivity contribution in [3.05, 3.63) is 56.1 Å². The Bertz CT molecular complexity index is 1720. The summed E-state index contributed by atoms with van der Waals surface area (Å²) in [4.78, 5) is 44.6. The van der Waals surface area contributed by atoms with Crippen LogP contribution in [-0.2, 0) is 39.5 Å². The number of methoxy groups -OCH3 is 1. The number of halogens is 1. The third kappa shape index (κ3) is 3.83. The molecule has 216 valence electrons. The van der Waals surface area contributed by atoms with Crippen LogP contribution in [0.5, 0.6) is 5.75 Å². The molecule has 1 aliphatic carbocycles. The lowest BCUT2D eigenvalue weighted by atomic mass is 9.80. The van der Waals surface area contributed by atoms with E-state index in [1.165, 1.54) is 13.2 Å². The summed E-state index contributed by atoms with van der Waals surface area (Å²) < 4.78 is 27.4. The van der Waals surface area contributed by atoms with E-state index in [9.17, 15) is 19.5 Å². The Balaban J connectivity index is 1.61. The van der Waals surface area contributed by atoms with Crippen molar-refractivity contribution in [1.82, 2.24) is 14.9 Å². The minimum atomic E-state index is -1.96. The van der Waals surface area contributed by atoms with E-state index < -0.39 is 23.4 Å². The summed E-state index contributed by atoms with van der Waals surface area (Å²) in [6.45, 7) is 9.53. The van der Waals surface area contributed by atoms with Gasteiger partial charge in [0.2, 0.25) is 5.91 Å². The molecule has 1 aromatic carbocycles. The van der Waals surface area contributed by atoms with Gasteiger partial charge in [-0.25, -0.2) is 14.2 Å². The number of esters is 1. The van der Waals surface area contributed by atoms with Crippen molar-refractivity contribution in [2.45, 2.75) is 78.7 Å². The van der Waals surface area contributed by atoms with E-state index in [-0.39, 0.29) is 59.2 Å². The second-order valence-corrected chi connectivity index (χ2v) is 12.4. The lowest BCUT2D eigenvalue weighted by Gasteiger charge is -2.32. The molecule has 0 radical (unpaired) electrons. The maximum Gasteiger partial charge on any atom is 0.343 e. The smallest absolute Gasteiger partial charge is 0.343 e. The van der Waals surface area contributed by atoms with Crippen molar-refractivity contribution in [2.75, 3.05) is 7.11 Å². The van der Waals surface area contributed by atoms with Crippen molar-refractivity contribution in [1.29, 1.82) is 0 Å². The first kappa shape index (κ1) is 27.4. The molecule has 3 aromatic rings. The molecule has 1 amide bonds. The van der Waals surface area contributed by atoms with Gasteiger partial charge in [0.1, 0.15) is 6.61 Å². The number of rotatable bonds is 4. The first-order valence-electron chi connectivity index (χ1n) is 14.0. The Morgan fingerprint density at radius 2 is 2.02 bits per heavy atom. The average molecular weight is 564 g/mol. The number of nitrogens with zero attached hydrogens (tertiary/aromatic N) is 2. The van der Waals surface area contributed by atoms with Gasteiger partial charge in [-0.1, -0.05) is 34.6 Å². The number of aliphatic hydroxyl groups is 1. The number of amides is 1. The van der Waals surface area contributed by atoms with Crippen LogP contribution in [0.3, 0.4) is 0 Å². The third-order valence-electron chi connectivity index (χ3n) is 9.27. The van der Waals surface area contributed by atoms with Gasteiger partial charge < -0.3 is 24.5 Å². The fourth-order valence-electron chi connectivity index (χ4n) is 6.42.